The van der Waals surface area contributed by atoms with Crippen LogP contribution in [0.15, 0.2) is 0 Å². The number of carboxylic acids is 1. The van der Waals surface area contributed by atoms with E-state index in [1.807, 2.05) is 0 Å². The summed E-state index contributed by atoms with van der Waals surface area (Å²) < 4.78 is 5.46. The summed E-state index contributed by atoms with van der Waals surface area (Å²) in [6, 6.07) is 0. The lowest BCUT2D eigenvalue weighted by Crippen LogP contribution is -2.03. The molecule has 1 heterocycles. The number of carboxylic acid groups (broad SMARTS) is 1. The van der Waals surface area contributed by atoms with Crippen LogP contribution in [0, 0.1) is 0 Å². The minimum absolute atomic E-state index is 0.337. The lowest BCUT2D eigenvalue weighted by molar-refractivity contribution is -0.137. The summed E-state index contributed by atoms with van der Waals surface area (Å²) in [5.41, 5.74) is 0. The lowest BCUT2D eigenvalue weighted by atomic mass is 10.1. The quantitative estimate of drug-likeness (QED) is 0.614. The molecule has 0 amide bonds. The van der Waals surface area contributed by atoms with E-state index in [4.69, 9.17) is 9.84 Å². The van der Waals surface area contributed by atoms with Crippen molar-refractivity contribution in [3.05, 3.63) is 0 Å². The lowest BCUT2D eigenvalue weighted by Gasteiger charge is -2.06. The van der Waals surface area contributed by atoms with Gasteiger partial charge in [0.2, 0.25) is 0 Å². The van der Waals surface area contributed by atoms with E-state index in [1.165, 1.54) is 51.4 Å². The molecule has 1 aliphatic rings. The van der Waals surface area contributed by atoms with E-state index in [-0.39, 0.29) is 0 Å². The van der Waals surface area contributed by atoms with Crippen LogP contribution < -0.4 is 0 Å². The molecule has 1 rings (SSSR count). The van der Waals surface area contributed by atoms with Gasteiger partial charge < -0.3 is 9.84 Å². The van der Waals surface area contributed by atoms with Crippen LogP contribution in [0.4, 0.5) is 0 Å². The molecule has 1 aliphatic heterocycles. The number of rotatable bonds is 9. The summed E-state index contributed by atoms with van der Waals surface area (Å²) >= 11 is 0. The first kappa shape index (κ1) is 18.4. The van der Waals surface area contributed by atoms with Gasteiger partial charge in [0.05, 0.1) is 6.10 Å². The van der Waals surface area contributed by atoms with Crippen molar-refractivity contribution in [2.24, 2.45) is 0 Å². The molecule has 0 saturated carbocycles. The highest BCUT2D eigenvalue weighted by atomic mass is 16.5. The van der Waals surface area contributed by atoms with Crippen LogP contribution in [0.3, 0.4) is 0 Å². The molecular weight excluding hydrogens is 240 g/mol. The molecule has 19 heavy (non-hydrogen) atoms. The predicted octanol–water partition coefficient (Wildman–Crippen LogP) is 4.79. The molecule has 1 fully saturated rings. The minimum atomic E-state index is -0.670. The number of ether oxygens (including phenoxy) is 1. The Bertz CT molecular complexity index is 198. The van der Waals surface area contributed by atoms with Gasteiger partial charge in [-0.3, -0.25) is 4.79 Å². The second-order valence-corrected chi connectivity index (χ2v) is 5.34. The maximum absolute atomic E-state index is 10.0. The summed E-state index contributed by atoms with van der Waals surface area (Å²) in [5, 5.41) is 8.27. The summed E-state index contributed by atoms with van der Waals surface area (Å²) in [5.74, 6) is -0.670. The van der Waals surface area contributed by atoms with Crippen molar-refractivity contribution in [3.8, 4) is 0 Å². The third kappa shape index (κ3) is 13.7. The number of hydrogen-bond acceptors (Lipinski definition) is 2. The number of aliphatic carboxylic acids is 1. The Hall–Kier alpha value is -0.570. The summed E-state index contributed by atoms with van der Waals surface area (Å²) in [4.78, 5) is 10.0. The van der Waals surface area contributed by atoms with Gasteiger partial charge in [0, 0.05) is 13.0 Å². The van der Waals surface area contributed by atoms with E-state index in [2.05, 4.69) is 13.8 Å². The van der Waals surface area contributed by atoms with Crippen molar-refractivity contribution in [3.63, 3.8) is 0 Å². The zero-order valence-electron chi connectivity index (χ0n) is 12.8. The third-order valence-electron chi connectivity index (χ3n) is 3.40. The second-order valence-electron chi connectivity index (χ2n) is 5.34. The average Bonchev–Trinajstić information content (AvgIpc) is 2.89. The Morgan fingerprint density at radius 2 is 1.79 bits per heavy atom. The molecule has 1 N–H and O–H groups in total. The fourth-order valence-electron chi connectivity index (χ4n) is 2.18. The molecule has 1 atom stereocenters. The van der Waals surface area contributed by atoms with Gasteiger partial charge in [-0.2, -0.15) is 0 Å². The van der Waals surface area contributed by atoms with Gasteiger partial charge in [0.25, 0.3) is 0 Å². The summed E-state index contributed by atoms with van der Waals surface area (Å²) in [7, 11) is 0. The zero-order chi connectivity index (χ0) is 14.3. The first-order valence-corrected chi connectivity index (χ1v) is 8.04. The largest absolute Gasteiger partial charge is 0.481 e. The molecule has 1 unspecified atom stereocenters. The average molecular weight is 272 g/mol. The van der Waals surface area contributed by atoms with Crippen molar-refractivity contribution in [1.82, 2.24) is 0 Å². The van der Waals surface area contributed by atoms with Gasteiger partial charge in [0.1, 0.15) is 0 Å². The first-order valence-electron chi connectivity index (χ1n) is 8.04. The van der Waals surface area contributed by atoms with Crippen LogP contribution in [0.25, 0.3) is 0 Å². The number of carbonyl (C=O) groups is 1. The Kier molecular flexibility index (Phi) is 13.4. The fourth-order valence-corrected chi connectivity index (χ4v) is 2.18. The molecule has 114 valence electrons. The minimum Gasteiger partial charge on any atom is -0.481 e. The molecule has 0 aliphatic carbocycles. The first-order chi connectivity index (χ1) is 9.20. The van der Waals surface area contributed by atoms with Crippen molar-refractivity contribution in [1.29, 1.82) is 0 Å². The van der Waals surface area contributed by atoms with Crippen LogP contribution >= 0.6 is 0 Å². The standard InChI is InChI=1S/C8H16O2.C8H16O/c1-2-3-4-5-6-7-8(9)10;1-2-3-5-8-6-4-7-9-8/h2-7H2,1H3,(H,9,10);8H,2-7H2,1H3. The van der Waals surface area contributed by atoms with Crippen molar-refractivity contribution >= 4 is 5.97 Å². The highest BCUT2D eigenvalue weighted by molar-refractivity contribution is 5.66. The predicted molar refractivity (Wildman–Crippen MR) is 79.5 cm³/mol. The molecule has 0 bridgehead atoms. The molecular formula is C16H32O3. The van der Waals surface area contributed by atoms with Crippen LogP contribution in [0.5, 0.6) is 0 Å². The summed E-state index contributed by atoms with van der Waals surface area (Å²) in [6.45, 7) is 5.39. The van der Waals surface area contributed by atoms with Crippen LogP contribution in [0.2, 0.25) is 0 Å². The van der Waals surface area contributed by atoms with Gasteiger partial charge in [-0.25, -0.2) is 0 Å². The third-order valence-corrected chi connectivity index (χ3v) is 3.40. The zero-order valence-corrected chi connectivity index (χ0v) is 12.8. The van der Waals surface area contributed by atoms with Crippen LogP contribution in [-0.4, -0.2) is 23.8 Å². The fraction of sp³-hybridized carbons (Fsp3) is 0.938. The molecule has 0 spiro atoms. The number of unbranched alkanes of at least 4 members (excludes halogenated alkanes) is 5. The second kappa shape index (κ2) is 13.9. The molecule has 0 aromatic heterocycles. The molecule has 3 heteroatoms. The molecule has 1 saturated heterocycles. The Labute approximate surface area is 118 Å². The van der Waals surface area contributed by atoms with E-state index in [1.54, 1.807) is 0 Å². The van der Waals surface area contributed by atoms with E-state index >= 15 is 0 Å². The molecule has 0 aromatic carbocycles. The monoisotopic (exact) mass is 272 g/mol. The van der Waals surface area contributed by atoms with E-state index < -0.39 is 5.97 Å². The SMILES string of the molecule is CCCCC1CCCO1.CCCCCCCC(=O)O. The summed E-state index contributed by atoms with van der Waals surface area (Å²) in [6.07, 6.45) is 13.0. The topological polar surface area (TPSA) is 46.5 Å². The van der Waals surface area contributed by atoms with Gasteiger partial charge in [0.15, 0.2) is 0 Å². The maximum Gasteiger partial charge on any atom is 0.303 e. The van der Waals surface area contributed by atoms with Gasteiger partial charge >= 0.3 is 5.97 Å². The van der Waals surface area contributed by atoms with E-state index in [0.29, 0.717) is 12.5 Å². The molecule has 0 radical (unpaired) electrons. The normalized spacial score (nSPS) is 17.9. The van der Waals surface area contributed by atoms with Crippen molar-refractivity contribution < 1.29 is 14.6 Å². The van der Waals surface area contributed by atoms with Gasteiger partial charge in [-0.05, 0) is 25.7 Å². The van der Waals surface area contributed by atoms with Gasteiger partial charge in [-0.1, -0.05) is 52.4 Å². The Morgan fingerprint density at radius 1 is 1.11 bits per heavy atom. The van der Waals surface area contributed by atoms with Crippen molar-refractivity contribution in [2.75, 3.05) is 6.61 Å². The van der Waals surface area contributed by atoms with E-state index in [9.17, 15) is 4.79 Å². The number of hydrogen-bond donors (Lipinski definition) is 1. The van der Waals surface area contributed by atoms with Crippen LogP contribution in [0.1, 0.15) is 84.5 Å². The molecule has 0 aromatic rings. The molecule has 3 nitrogen and oxygen atoms in total. The van der Waals surface area contributed by atoms with Gasteiger partial charge in [-0.15, -0.1) is 0 Å². The highest BCUT2D eigenvalue weighted by Crippen LogP contribution is 2.17. The Balaban J connectivity index is 0.000000342. The van der Waals surface area contributed by atoms with Crippen molar-refractivity contribution in [2.45, 2.75) is 90.6 Å². The smallest absolute Gasteiger partial charge is 0.303 e. The maximum atomic E-state index is 10.0. The van der Waals surface area contributed by atoms with E-state index in [0.717, 1.165) is 19.4 Å². The highest BCUT2D eigenvalue weighted by Gasteiger charge is 2.13. The Morgan fingerprint density at radius 3 is 2.32 bits per heavy atom. The van der Waals surface area contributed by atoms with Crippen LogP contribution in [-0.2, 0) is 9.53 Å².